The fourth-order valence-corrected chi connectivity index (χ4v) is 5.47. The molecule has 1 fully saturated rings. The smallest absolute Gasteiger partial charge is 0.309 e. The van der Waals surface area contributed by atoms with Crippen molar-refractivity contribution in [3.8, 4) is 22.8 Å². The van der Waals surface area contributed by atoms with Crippen molar-refractivity contribution in [2.45, 2.75) is 58.3 Å². The Hall–Kier alpha value is -3.49. The SMILES string of the molecule is CCOc1cc(-c2ccc(C3CCc4ccc([C@H](O)[C@H](C)C(=O)O)cc4O3)cc2CN2CCCC2)c(F)cn1. The number of fused-ring (bicyclic) bond motifs is 1. The first-order valence-corrected chi connectivity index (χ1v) is 13.7. The van der Waals surface area contributed by atoms with Gasteiger partial charge in [-0.15, -0.1) is 0 Å². The zero-order chi connectivity index (χ0) is 27.5. The van der Waals surface area contributed by atoms with Crippen LogP contribution in [-0.2, 0) is 17.8 Å². The topological polar surface area (TPSA) is 92.1 Å². The summed E-state index contributed by atoms with van der Waals surface area (Å²) in [5.41, 5.74) is 4.86. The predicted molar refractivity (Wildman–Crippen MR) is 145 cm³/mol. The maximum absolute atomic E-state index is 15.0. The molecule has 0 radical (unpaired) electrons. The molecule has 3 atom stereocenters. The summed E-state index contributed by atoms with van der Waals surface area (Å²) in [5.74, 6) is -1.32. The third kappa shape index (κ3) is 5.92. The van der Waals surface area contributed by atoms with Gasteiger partial charge in [0.2, 0.25) is 5.88 Å². The zero-order valence-corrected chi connectivity index (χ0v) is 22.4. The van der Waals surface area contributed by atoms with Crippen molar-refractivity contribution < 1.29 is 28.9 Å². The van der Waals surface area contributed by atoms with E-state index in [4.69, 9.17) is 9.47 Å². The number of carboxylic acids is 1. The number of aryl methyl sites for hydroxylation is 1. The summed E-state index contributed by atoms with van der Waals surface area (Å²) in [4.78, 5) is 17.8. The molecule has 3 aromatic rings. The molecule has 0 saturated carbocycles. The number of benzene rings is 2. The molecule has 7 nitrogen and oxygen atoms in total. The van der Waals surface area contributed by atoms with Gasteiger partial charge in [0.1, 0.15) is 17.7 Å². The van der Waals surface area contributed by atoms with Crippen molar-refractivity contribution in [2.24, 2.45) is 5.92 Å². The highest BCUT2D eigenvalue weighted by molar-refractivity contribution is 5.71. The molecule has 206 valence electrons. The first-order chi connectivity index (χ1) is 18.8. The van der Waals surface area contributed by atoms with Gasteiger partial charge in [-0.05, 0) is 86.5 Å². The number of hydrogen-bond donors (Lipinski definition) is 2. The van der Waals surface area contributed by atoms with Gasteiger partial charge in [-0.2, -0.15) is 0 Å². The number of likely N-dealkylation sites (tertiary alicyclic amines) is 1. The highest BCUT2D eigenvalue weighted by Crippen LogP contribution is 2.39. The highest BCUT2D eigenvalue weighted by atomic mass is 19.1. The van der Waals surface area contributed by atoms with Gasteiger partial charge in [0.15, 0.2) is 0 Å². The number of aromatic nitrogens is 1. The third-order valence-electron chi connectivity index (χ3n) is 7.75. The number of carbonyl (C=O) groups is 1. The van der Waals surface area contributed by atoms with E-state index in [1.54, 1.807) is 18.2 Å². The largest absolute Gasteiger partial charge is 0.485 e. The van der Waals surface area contributed by atoms with Crippen LogP contribution in [0.25, 0.3) is 11.1 Å². The molecule has 1 aromatic heterocycles. The first-order valence-electron chi connectivity index (χ1n) is 13.7. The van der Waals surface area contributed by atoms with Gasteiger partial charge in [0.05, 0.1) is 24.8 Å². The van der Waals surface area contributed by atoms with Crippen LogP contribution >= 0.6 is 0 Å². The third-order valence-corrected chi connectivity index (χ3v) is 7.75. The molecule has 0 amide bonds. The molecule has 3 heterocycles. The molecule has 2 aliphatic rings. The molecular weight excluding hydrogens is 499 g/mol. The summed E-state index contributed by atoms with van der Waals surface area (Å²) in [6.07, 6.45) is 3.77. The summed E-state index contributed by atoms with van der Waals surface area (Å²) >= 11 is 0. The van der Waals surface area contributed by atoms with Crippen molar-refractivity contribution in [3.63, 3.8) is 0 Å². The number of halogens is 1. The molecule has 0 spiro atoms. The van der Waals surface area contributed by atoms with Gasteiger partial charge in [-0.25, -0.2) is 9.37 Å². The minimum absolute atomic E-state index is 0.213. The molecule has 1 saturated heterocycles. The van der Waals surface area contributed by atoms with Crippen LogP contribution in [0.3, 0.4) is 0 Å². The number of hydrogen-bond acceptors (Lipinski definition) is 6. The Labute approximate surface area is 228 Å². The van der Waals surface area contributed by atoms with Crippen LogP contribution in [0.4, 0.5) is 4.39 Å². The minimum atomic E-state index is -1.13. The number of nitrogens with zero attached hydrogens (tertiary/aromatic N) is 2. The molecule has 2 N–H and O–H groups in total. The number of aliphatic carboxylic acids is 1. The first kappa shape index (κ1) is 27.1. The number of rotatable bonds is 9. The Morgan fingerprint density at radius 1 is 1.18 bits per heavy atom. The van der Waals surface area contributed by atoms with Crippen LogP contribution in [0.5, 0.6) is 11.6 Å². The molecule has 8 heteroatoms. The van der Waals surface area contributed by atoms with E-state index in [0.717, 1.165) is 61.0 Å². The van der Waals surface area contributed by atoms with Gasteiger partial charge in [0, 0.05) is 18.2 Å². The van der Waals surface area contributed by atoms with Crippen LogP contribution in [0.15, 0.2) is 48.7 Å². The van der Waals surface area contributed by atoms with Crippen molar-refractivity contribution in [2.75, 3.05) is 19.7 Å². The summed E-state index contributed by atoms with van der Waals surface area (Å²) in [6.45, 7) is 6.55. The Kier molecular flexibility index (Phi) is 8.14. The summed E-state index contributed by atoms with van der Waals surface area (Å²) in [5, 5.41) is 19.9. The minimum Gasteiger partial charge on any atom is -0.485 e. The van der Waals surface area contributed by atoms with E-state index in [-0.39, 0.29) is 6.10 Å². The van der Waals surface area contributed by atoms with Crippen LogP contribution in [0.2, 0.25) is 0 Å². The molecule has 0 bridgehead atoms. The van der Waals surface area contributed by atoms with Crippen molar-refractivity contribution in [3.05, 3.63) is 76.7 Å². The maximum Gasteiger partial charge on any atom is 0.309 e. The average Bonchev–Trinajstić information content (AvgIpc) is 3.46. The van der Waals surface area contributed by atoms with E-state index < -0.39 is 23.8 Å². The maximum atomic E-state index is 15.0. The van der Waals surface area contributed by atoms with Gasteiger partial charge in [-0.1, -0.05) is 30.3 Å². The van der Waals surface area contributed by atoms with E-state index in [0.29, 0.717) is 35.9 Å². The lowest BCUT2D eigenvalue weighted by molar-refractivity contribution is -0.145. The molecule has 1 unspecified atom stereocenters. The molecule has 2 aliphatic heterocycles. The second-order valence-electron chi connectivity index (χ2n) is 10.4. The normalized spacial score (nSPS) is 18.7. The van der Waals surface area contributed by atoms with Crippen molar-refractivity contribution in [1.29, 1.82) is 0 Å². The molecule has 39 heavy (non-hydrogen) atoms. The number of aliphatic hydroxyl groups is 1. The molecule has 0 aliphatic carbocycles. The molecule has 2 aromatic carbocycles. The van der Waals surface area contributed by atoms with Crippen molar-refractivity contribution >= 4 is 5.97 Å². The van der Waals surface area contributed by atoms with Gasteiger partial charge in [0.25, 0.3) is 0 Å². The lowest BCUT2D eigenvalue weighted by atomic mass is 9.91. The van der Waals surface area contributed by atoms with Crippen molar-refractivity contribution in [1.82, 2.24) is 9.88 Å². The lowest BCUT2D eigenvalue weighted by Gasteiger charge is -2.29. The van der Waals surface area contributed by atoms with E-state index >= 15 is 4.39 Å². The fraction of sp³-hybridized carbons (Fsp3) is 0.419. The predicted octanol–water partition coefficient (Wildman–Crippen LogP) is 5.70. The summed E-state index contributed by atoms with van der Waals surface area (Å²) < 4.78 is 27.0. The average molecular weight is 535 g/mol. The van der Waals surface area contributed by atoms with Crippen LogP contribution < -0.4 is 9.47 Å². The number of carboxylic acid groups (broad SMARTS) is 1. The number of aliphatic hydroxyl groups excluding tert-OH is 1. The van der Waals surface area contributed by atoms with E-state index in [1.807, 2.05) is 25.1 Å². The number of ether oxygens (including phenoxy) is 2. The quantitative estimate of drug-likeness (QED) is 0.364. The summed E-state index contributed by atoms with van der Waals surface area (Å²) in [6, 6.07) is 13.2. The summed E-state index contributed by atoms with van der Waals surface area (Å²) in [7, 11) is 0. The van der Waals surface area contributed by atoms with Gasteiger partial charge in [-0.3, -0.25) is 9.69 Å². The molecule has 5 rings (SSSR count). The van der Waals surface area contributed by atoms with Crippen LogP contribution in [-0.4, -0.2) is 45.8 Å². The van der Waals surface area contributed by atoms with Crippen LogP contribution in [0.1, 0.15) is 67.6 Å². The zero-order valence-electron chi connectivity index (χ0n) is 22.4. The monoisotopic (exact) mass is 534 g/mol. The lowest BCUT2D eigenvalue weighted by Crippen LogP contribution is -2.21. The van der Waals surface area contributed by atoms with Crippen LogP contribution in [0, 0.1) is 11.7 Å². The highest BCUT2D eigenvalue weighted by Gasteiger charge is 2.27. The Morgan fingerprint density at radius 2 is 1.97 bits per heavy atom. The van der Waals surface area contributed by atoms with E-state index in [9.17, 15) is 15.0 Å². The Morgan fingerprint density at radius 3 is 2.72 bits per heavy atom. The Bertz CT molecular complexity index is 1340. The molecular formula is C31H35FN2O5. The van der Waals surface area contributed by atoms with Gasteiger partial charge < -0.3 is 19.7 Å². The Balaban J connectivity index is 1.46. The number of pyridine rings is 1. The fourth-order valence-electron chi connectivity index (χ4n) is 5.47. The standard InChI is InChI=1S/C31H35FN2O5/c1-3-38-29-16-25(26(32)17-33-29)24-10-8-21(14-23(24)18-34-12-4-5-13-34)27-11-9-20-6-7-22(15-28(20)39-27)30(35)19(2)31(36)37/h6-8,10,14-17,19,27,30,35H,3-5,9,11-13,18H2,1-2H3,(H,36,37)/t19-,27?,30+/m0/s1. The van der Waals surface area contributed by atoms with E-state index in [1.165, 1.54) is 13.1 Å². The van der Waals surface area contributed by atoms with E-state index in [2.05, 4.69) is 16.0 Å². The van der Waals surface area contributed by atoms with Gasteiger partial charge >= 0.3 is 5.97 Å². The second-order valence-corrected chi connectivity index (χ2v) is 10.4. The second kappa shape index (κ2) is 11.7.